The van der Waals surface area contributed by atoms with Crippen LogP contribution in [0.25, 0.3) is 11.4 Å². The van der Waals surface area contributed by atoms with E-state index in [2.05, 4.69) is 39.8 Å². The number of hydrazone groups is 1. The molecule has 0 radical (unpaired) electrons. The number of aryl methyl sites for hydroxylation is 1. The molecule has 1 aromatic heterocycles. The Morgan fingerprint density at radius 1 is 1.14 bits per heavy atom. The first-order chi connectivity index (χ1) is 14.1. The molecule has 3 rings (SSSR count). The van der Waals surface area contributed by atoms with Gasteiger partial charge in [-0.05, 0) is 48.7 Å². The molecule has 0 bridgehead atoms. The quantitative estimate of drug-likeness (QED) is 0.328. The SMILES string of the molecule is CCc1ccc(/C=N\NC(=O)CSc2nnc(-c3ccc(Cl)cc3)n2CC)cc1. The average Bonchev–Trinajstić information content (AvgIpc) is 3.16. The highest BCUT2D eigenvalue weighted by molar-refractivity contribution is 7.99. The highest BCUT2D eigenvalue weighted by Gasteiger charge is 2.14. The van der Waals surface area contributed by atoms with E-state index in [1.165, 1.54) is 17.3 Å². The first-order valence-corrected chi connectivity index (χ1v) is 10.7. The predicted octanol–water partition coefficient (Wildman–Crippen LogP) is 4.42. The van der Waals surface area contributed by atoms with E-state index in [0.29, 0.717) is 16.7 Å². The Morgan fingerprint density at radius 3 is 2.52 bits per heavy atom. The number of carbonyl (C=O) groups excluding carboxylic acids is 1. The zero-order valence-corrected chi connectivity index (χ0v) is 17.9. The fourth-order valence-corrected chi connectivity index (χ4v) is 3.59. The Kier molecular flexibility index (Phi) is 7.43. The van der Waals surface area contributed by atoms with Crippen molar-refractivity contribution in [1.29, 1.82) is 0 Å². The number of aromatic nitrogens is 3. The monoisotopic (exact) mass is 427 g/mol. The van der Waals surface area contributed by atoms with Gasteiger partial charge in [0.25, 0.3) is 5.91 Å². The van der Waals surface area contributed by atoms with E-state index in [-0.39, 0.29) is 11.7 Å². The molecule has 2 aromatic carbocycles. The molecule has 0 atom stereocenters. The van der Waals surface area contributed by atoms with E-state index in [1.54, 1.807) is 6.21 Å². The fraction of sp³-hybridized carbons (Fsp3) is 0.238. The molecule has 0 aliphatic carbocycles. The lowest BCUT2D eigenvalue weighted by Gasteiger charge is -2.07. The van der Waals surface area contributed by atoms with Crippen LogP contribution in [0.3, 0.4) is 0 Å². The second kappa shape index (κ2) is 10.2. The maximum atomic E-state index is 12.1. The van der Waals surface area contributed by atoms with Gasteiger partial charge in [0.15, 0.2) is 11.0 Å². The van der Waals surface area contributed by atoms with Gasteiger partial charge >= 0.3 is 0 Å². The molecule has 1 amide bonds. The lowest BCUT2D eigenvalue weighted by Crippen LogP contribution is -2.20. The highest BCUT2D eigenvalue weighted by atomic mass is 35.5. The molecule has 0 saturated carbocycles. The van der Waals surface area contributed by atoms with Crippen LogP contribution in [0, 0.1) is 0 Å². The van der Waals surface area contributed by atoms with Crippen molar-refractivity contribution < 1.29 is 4.79 Å². The first kappa shape index (κ1) is 21.1. The topological polar surface area (TPSA) is 72.2 Å². The summed E-state index contributed by atoms with van der Waals surface area (Å²) < 4.78 is 1.97. The van der Waals surface area contributed by atoms with Gasteiger partial charge in [-0.15, -0.1) is 10.2 Å². The van der Waals surface area contributed by atoms with Crippen LogP contribution in [-0.2, 0) is 17.8 Å². The van der Waals surface area contributed by atoms with Crippen LogP contribution in [-0.4, -0.2) is 32.6 Å². The van der Waals surface area contributed by atoms with E-state index in [4.69, 9.17) is 11.6 Å². The second-order valence-corrected chi connectivity index (χ2v) is 7.61. The smallest absolute Gasteiger partial charge is 0.250 e. The molecule has 1 heterocycles. The van der Waals surface area contributed by atoms with Crippen LogP contribution >= 0.6 is 23.4 Å². The molecular weight excluding hydrogens is 406 g/mol. The average molecular weight is 428 g/mol. The Balaban J connectivity index is 1.57. The Bertz CT molecular complexity index is 983. The van der Waals surface area contributed by atoms with Crippen molar-refractivity contribution in [2.45, 2.75) is 32.0 Å². The minimum atomic E-state index is -0.199. The van der Waals surface area contributed by atoms with E-state index in [9.17, 15) is 4.79 Å². The van der Waals surface area contributed by atoms with Crippen LogP contribution in [0.2, 0.25) is 5.02 Å². The second-order valence-electron chi connectivity index (χ2n) is 6.23. The molecule has 0 unspecified atom stereocenters. The molecule has 6 nitrogen and oxygen atoms in total. The summed E-state index contributed by atoms with van der Waals surface area (Å²) in [6.45, 7) is 4.82. The molecule has 0 aliphatic heterocycles. The van der Waals surface area contributed by atoms with Gasteiger partial charge in [0, 0.05) is 17.1 Å². The maximum Gasteiger partial charge on any atom is 0.250 e. The number of benzene rings is 2. The number of carbonyl (C=O) groups is 1. The number of hydrogen-bond donors (Lipinski definition) is 1. The number of nitrogens with zero attached hydrogens (tertiary/aromatic N) is 4. The molecule has 29 heavy (non-hydrogen) atoms. The highest BCUT2D eigenvalue weighted by Crippen LogP contribution is 2.24. The van der Waals surface area contributed by atoms with Crippen LogP contribution < -0.4 is 5.43 Å². The summed E-state index contributed by atoms with van der Waals surface area (Å²) in [4.78, 5) is 12.1. The predicted molar refractivity (Wildman–Crippen MR) is 118 cm³/mol. The van der Waals surface area contributed by atoms with Gasteiger partial charge in [-0.2, -0.15) is 5.10 Å². The zero-order valence-electron chi connectivity index (χ0n) is 16.3. The number of halogens is 1. The van der Waals surface area contributed by atoms with Crippen molar-refractivity contribution in [2.75, 3.05) is 5.75 Å². The van der Waals surface area contributed by atoms with Gasteiger partial charge < -0.3 is 4.57 Å². The van der Waals surface area contributed by atoms with Crippen molar-refractivity contribution in [3.63, 3.8) is 0 Å². The van der Waals surface area contributed by atoms with Gasteiger partial charge in [-0.3, -0.25) is 4.79 Å². The summed E-state index contributed by atoms with van der Waals surface area (Å²) in [6, 6.07) is 15.5. The third-order valence-electron chi connectivity index (χ3n) is 4.26. The standard InChI is InChI=1S/C21H22ClN5OS/c1-3-15-5-7-16(8-6-15)13-23-24-19(28)14-29-21-26-25-20(27(21)4-2)17-9-11-18(22)12-10-17/h5-13H,3-4,14H2,1-2H3,(H,24,28)/b23-13-. The largest absolute Gasteiger partial charge is 0.302 e. The van der Waals surface area contributed by atoms with E-state index in [1.807, 2.05) is 47.9 Å². The molecule has 0 spiro atoms. The lowest BCUT2D eigenvalue weighted by atomic mass is 10.1. The Hall–Kier alpha value is -2.64. The van der Waals surface area contributed by atoms with E-state index >= 15 is 0 Å². The molecule has 1 N–H and O–H groups in total. The van der Waals surface area contributed by atoms with Crippen LogP contribution in [0.4, 0.5) is 0 Å². The summed E-state index contributed by atoms with van der Waals surface area (Å²) >= 11 is 7.28. The minimum Gasteiger partial charge on any atom is -0.302 e. The van der Waals surface area contributed by atoms with Crippen molar-refractivity contribution in [2.24, 2.45) is 5.10 Å². The van der Waals surface area contributed by atoms with Crippen LogP contribution in [0.5, 0.6) is 0 Å². The molecule has 0 fully saturated rings. The van der Waals surface area contributed by atoms with E-state index < -0.39 is 0 Å². The van der Waals surface area contributed by atoms with Crippen molar-refractivity contribution in [3.05, 3.63) is 64.7 Å². The van der Waals surface area contributed by atoms with Crippen molar-refractivity contribution >= 4 is 35.5 Å². The summed E-state index contributed by atoms with van der Waals surface area (Å²) in [5, 5.41) is 13.9. The number of thioether (sulfide) groups is 1. The maximum absolute atomic E-state index is 12.1. The normalized spacial score (nSPS) is 11.1. The van der Waals surface area contributed by atoms with Crippen molar-refractivity contribution in [3.8, 4) is 11.4 Å². The molecule has 3 aromatic rings. The molecule has 0 aliphatic rings. The number of rotatable bonds is 8. The van der Waals surface area contributed by atoms with Gasteiger partial charge in [-0.1, -0.05) is 54.6 Å². The number of hydrogen-bond acceptors (Lipinski definition) is 5. The molecule has 8 heteroatoms. The van der Waals surface area contributed by atoms with E-state index in [0.717, 1.165) is 23.4 Å². The molecule has 150 valence electrons. The number of amides is 1. The van der Waals surface area contributed by atoms with Crippen LogP contribution in [0.15, 0.2) is 58.8 Å². The summed E-state index contributed by atoms with van der Waals surface area (Å²) in [5.74, 6) is 0.751. The zero-order chi connectivity index (χ0) is 20.6. The first-order valence-electron chi connectivity index (χ1n) is 9.33. The van der Waals surface area contributed by atoms with Gasteiger partial charge in [0.1, 0.15) is 0 Å². The van der Waals surface area contributed by atoms with Gasteiger partial charge in [-0.25, -0.2) is 5.43 Å². The minimum absolute atomic E-state index is 0.199. The number of nitrogens with one attached hydrogen (secondary N) is 1. The summed E-state index contributed by atoms with van der Waals surface area (Å²) in [5.41, 5.74) is 5.68. The third-order valence-corrected chi connectivity index (χ3v) is 5.48. The third kappa shape index (κ3) is 5.68. The van der Waals surface area contributed by atoms with Crippen LogP contribution in [0.1, 0.15) is 25.0 Å². The molecular formula is C21H22ClN5OS. The molecule has 0 saturated heterocycles. The summed E-state index contributed by atoms with van der Waals surface area (Å²) in [7, 11) is 0. The Labute approximate surface area is 179 Å². The van der Waals surface area contributed by atoms with Gasteiger partial charge in [0.2, 0.25) is 0 Å². The fourth-order valence-electron chi connectivity index (χ4n) is 2.67. The summed E-state index contributed by atoms with van der Waals surface area (Å²) in [6.07, 6.45) is 2.63. The Morgan fingerprint density at radius 2 is 1.86 bits per heavy atom. The van der Waals surface area contributed by atoms with Gasteiger partial charge in [0.05, 0.1) is 12.0 Å². The van der Waals surface area contributed by atoms with Crippen molar-refractivity contribution in [1.82, 2.24) is 20.2 Å². The lowest BCUT2D eigenvalue weighted by molar-refractivity contribution is -0.118.